The van der Waals surface area contributed by atoms with Gasteiger partial charge in [-0.3, -0.25) is 9.78 Å². The molecule has 1 fully saturated rings. The van der Waals surface area contributed by atoms with Crippen LogP contribution in [-0.4, -0.2) is 35.4 Å². The third-order valence-corrected chi connectivity index (χ3v) is 4.48. The van der Waals surface area contributed by atoms with E-state index in [0.717, 1.165) is 11.6 Å². The second-order valence-corrected chi connectivity index (χ2v) is 6.31. The molecule has 1 saturated heterocycles. The van der Waals surface area contributed by atoms with Crippen molar-refractivity contribution >= 4 is 18.0 Å². The highest BCUT2D eigenvalue weighted by molar-refractivity contribution is 5.87. The van der Waals surface area contributed by atoms with Gasteiger partial charge in [-0.05, 0) is 41.0 Å². The molecule has 0 spiro atoms. The Morgan fingerprint density at radius 1 is 1.33 bits per heavy atom. The van der Waals surface area contributed by atoms with Crippen molar-refractivity contribution in [2.24, 2.45) is 0 Å². The van der Waals surface area contributed by atoms with E-state index < -0.39 is 17.6 Å². The number of nitrogens with zero attached hydrogens (tertiary/aromatic N) is 2. The third kappa shape index (κ3) is 4.55. The fraction of sp³-hybridized carbons (Fsp3) is 0.250. The fourth-order valence-corrected chi connectivity index (χ4v) is 3.12. The second-order valence-electron chi connectivity index (χ2n) is 6.31. The van der Waals surface area contributed by atoms with Gasteiger partial charge in [0.25, 0.3) is 0 Å². The first-order valence-corrected chi connectivity index (χ1v) is 8.39. The number of carbonyl (C=O) groups excluding carboxylic acids is 2. The summed E-state index contributed by atoms with van der Waals surface area (Å²) in [7, 11) is 1.29. The van der Waals surface area contributed by atoms with Gasteiger partial charge >= 0.3 is 5.97 Å². The lowest BCUT2D eigenvalue weighted by Crippen LogP contribution is -2.24. The Bertz CT molecular complexity index is 878. The molecular formula is C20H18F2N2O3. The van der Waals surface area contributed by atoms with Crippen molar-refractivity contribution < 1.29 is 23.1 Å². The molecule has 5 nitrogen and oxygen atoms in total. The number of pyridine rings is 1. The maximum absolute atomic E-state index is 13.5. The van der Waals surface area contributed by atoms with Crippen LogP contribution in [0.25, 0.3) is 6.08 Å². The highest BCUT2D eigenvalue weighted by Gasteiger charge is 2.31. The molecule has 1 amide bonds. The maximum Gasteiger partial charge on any atom is 0.330 e. The minimum absolute atomic E-state index is 0.0932. The van der Waals surface area contributed by atoms with E-state index >= 15 is 0 Å². The minimum Gasteiger partial charge on any atom is -0.466 e. The molecular weight excluding hydrogens is 354 g/mol. The molecule has 2 heterocycles. The average Bonchev–Trinajstić information content (AvgIpc) is 3.00. The normalized spacial score (nSPS) is 16.9. The van der Waals surface area contributed by atoms with Gasteiger partial charge in [-0.15, -0.1) is 0 Å². The molecule has 0 aliphatic carbocycles. The summed E-state index contributed by atoms with van der Waals surface area (Å²) in [5.74, 6) is -2.15. The number of benzene rings is 1. The lowest BCUT2D eigenvalue weighted by Gasteiger charge is -2.18. The second kappa shape index (κ2) is 8.07. The van der Waals surface area contributed by atoms with Gasteiger partial charge in [0.2, 0.25) is 5.91 Å². The van der Waals surface area contributed by atoms with Crippen LogP contribution in [0.3, 0.4) is 0 Å². The van der Waals surface area contributed by atoms with Crippen LogP contribution in [0.5, 0.6) is 0 Å². The molecule has 2 aromatic rings. The van der Waals surface area contributed by atoms with Crippen molar-refractivity contribution in [1.29, 1.82) is 0 Å². The van der Waals surface area contributed by atoms with Crippen LogP contribution in [0.4, 0.5) is 8.78 Å². The van der Waals surface area contributed by atoms with Crippen LogP contribution in [0.15, 0.2) is 42.7 Å². The lowest BCUT2D eigenvalue weighted by molar-refractivity contribution is -0.134. The first-order valence-electron chi connectivity index (χ1n) is 8.39. The molecule has 1 unspecified atom stereocenters. The fourth-order valence-electron chi connectivity index (χ4n) is 3.12. The highest BCUT2D eigenvalue weighted by atomic mass is 19.1. The number of rotatable bonds is 5. The van der Waals surface area contributed by atoms with Crippen molar-refractivity contribution in [1.82, 2.24) is 9.88 Å². The summed E-state index contributed by atoms with van der Waals surface area (Å²) in [4.78, 5) is 29.4. The van der Waals surface area contributed by atoms with E-state index in [2.05, 4.69) is 9.72 Å². The van der Waals surface area contributed by atoms with Crippen molar-refractivity contribution in [3.05, 3.63) is 71.1 Å². The molecule has 0 bridgehead atoms. The summed E-state index contributed by atoms with van der Waals surface area (Å²) in [5.41, 5.74) is 1.98. The van der Waals surface area contributed by atoms with E-state index in [-0.39, 0.29) is 18.2 Å². The van der Waals surface area contributed by atoms with Gasteiger partial charge in [-0.25, -0.2) is 13.6 Å². The molecule has 27 heavy (non-hydrogen) atoms. The summed E-state index contributed by atoms with van der Waals surface area (Å²) in [6.07, 6.45) is 6.25. The van der Waals surface area contributed by atoms with Crippen molar-refractivity contribution in [2.45, 2.75) is 18.9 Å². The van der Waals surface area contributed by atoms with Gasteiger partial charge in [0.1, 0.15) is 11.6 Å². The van der Waals surface area contributed by atoms with Gasteiger partial charge in [0.05, 0.1) is 7.11 Å². The number of halogens is 2. The van der Waals surface area contributed by atoms with Crippen LogP contribution in [0.1, 0.15) is 29.0 Å². The standard InChI is InChI=1S/C20H18F2N2O3/c1-27-20(26)3-2-13-10-23-5-4-14(13)11-24-12-16(8-19(24)25)15-6-17(21)9-18(22)7-15/h2-7,9-10,16H,8,11-12H2,1H3/b3-2+. The maximum atomic E-state index is 13.5. The van der Waals surface area contributed by atoms with Crippen LogP contribution in [0, 0.1) is 11.6 Å². The Kier molecular flexibility index (Phi) is 5.59. The number of likely N-dealkylation sites (tertiary alicyclic amines) is 1. The number of esters is 1. The Morgan fingerprint density at radius 3 is 2.78 bits per heavy atom. The minimum atomic E-state index is -0.653. The van der Waals surface area contributed by atoms with Crippen LogP contribution in [0.2, 0.25) is 0 Å². The van der Waals surface area contributed by atoms with E-state index in [4.69, 9.17) is 0 Å². The zero-order valence-corrected chi connectivity index (χ0v) is 14.7. The van der Waals surface area contributed by atoms with Gasteiger partial charge in [-0.2, -0.15) is 0 Å². The molecule has 1 aliphatic rings. The predicted molar refractivity (Wildman–Crippen MR) is 94.4 cm³/mol. The molecule has 0 saturated carbocycles. The van der Waals surface area contributed by atoms with Crippen LogP contribution in [-0.2, 0) is 20.9 Å². The molecule has 0 radical (unpaired) electrons. The predicted octanol–water partition coefficient (Wildman–Crippen LogP) is 3.06. The first-order chi connectivity index (χ1) is 13.0. The number of methoxy groups -OCH3 is 1. The highest BCUT2D eigenvalue weighted by Crippen LogP contribution is 2.30. The zero-order valence-electron chi connectivity index (χ0n) is 14.7. The van der Waals surface area contributed by atoms with E-state index in [9.17, 15) is 18.4 Å². The molecule has 140 valence electrons. The number of hydrogen-bond donors (Lipinski definition) is 0. The molecule has 3 rings (SSSR count). The topological polar surface area (TPSA) is 59.5 Å². The van der Waals surface area contributed by atoms with Crippen molar-refractivity contribution in [3.8, 4) is 0 Å². The molecule has 0 N–H and O–H groups in total. The summed E-state index contributed by atoms with van der Waals surface area (Å²) in [6, 6.07) is 5.11. The van der Waals surface area contributed by atoms with Crippen molar-refractivity contribution in [3.63, 3.8) is 0 Å². The Morgan fingerprint density at radius 2 is 2.07 bits per heavy atom. The van der Waals surface area contributed by atoms with Gasteiger partial charge in [0, 0.05) is 50.0 Å². The number of amides is 1. The van der Waals surface area contributed by atoms with E-state index in [1.165, 1.54) is 25.3 Å². The van der Waals surface area contributed by atoms with Gasteiger partial charge in [0.15, 0.2) is 0 Å². The van der Waals surface area contributed by atoms with Crippen molar-refractivity contribution in [2.75, 3.05) is 13.7 Å². The molecule has 1 aromatic carbocycles. The number of hydrogen-bond acceptors (Lipinski definition) is 4. The van der Waals surface area contributed by atoms with Crippen LogP contribution >= 0.6 is 0 Å². The van der Waals surface area contributed by atoms with Gasteiger partial charge in [-0.1, -0.05) is 0 Å². The van der Waals surface area contributed by atoms with E-state index in [1.807, 2.05) is 0 Å². The van der Waals surface area contributed by atoms with E-state index in [0.29, 0.717) is 24.2 Å². The largest absolute Gasteiger partial charge is 0.466 e. The summed E-state index contributed by atoms with van der Waals surface area (Å²) >= 11 is 0. The average molecular weight is 372 g/mol. The summed E-state index contributed by atoms with van der Waals surface area (Å²) in [6.45, 7) is 0.681. The van der Waals surface area contributed by atoms with Gasteiger partial charge < -0.3 is 9.64 Å². The molecule has 7 heteroatoms. The Balaban J connectivity index is 1.76. The zero-order chi connectivity index (χ0) is 19.4. The SMILES string of the molecule is COC(=O)/C=C/c1cnccc1CN1CC(c2cc(F)cc(F)c2)CC1=O. The molecule has 1 aliphatic heterocycles. The Labute approximate surface area is 155 Å². The quantitative estimate of drug-likeness (QED) is 0.598. The number of carbonyl (C=O) groups is 2. The first kappa shape index (κ1) is 18.7. The number of aromatic nitrogens is 1. The molecule has 1 aromatic heterocycles. The molecule has 1 atom stereocenters. The monoisotopic (exact) mass is 372 g/mol. The smallest absolute Gasteiger partial charge is 0.330 e. The van der Waals surface area contributed by atoms with Crippen LogP contribution < -0.4 is 0 Å². The summed E-state index contributed by atoms with van der Waals surface area (Å²) in [5, 5.41) is 0. The lowest BCUT2D eigenvalue weighted by atomic mass is 9.98. The van der Waals surface area contributed by atoms with E-state index in [1.54, 1.807) is 29.4 Å². The number of ether oxygens (including phenoxy) is 1. The summed E-state index contributed by atoms with van der Waals surface area (Å²) < 4.78 is 31.5. The third-order valence-electron chi connectivity index (χ3n) is 4.48. The Hall–Kier alpha value is -3.09.